The number of amides is 1. The molecule has 0 fully saturated rings. The van der Waals surface area contributed by atoms with Gasteiger partial charge in [-0.25, -0.2) is 10.4 Å². The van der Waals surface area contributed by atoms with Crippen molar-refractivity contribution in [2.75, 3.05) is 12.8 Å². The number of methoxy groups -OCH3 is 1. The molecule has 0 radical (unpaired) electrons. The van der Waals surface area contributed by atoms with E-state index in [0.717, 1.165) is 15.8 Å². The zero-order chi connectivity index (χ0) is 17.8. The molecule has 1 amide bonds. The van der Waals surface area contributed by atoms with Crippen molar-refractivity contribution in [1.29, 1.82) is 0 Å². The van der Waals surface area contributed by atoms with Gasteiger partial charge in [0.1, 0.15) is 0 Å². The molecule has 0 atom stereocenters. The number of nitrogens with two attached hydrogens (primary N) is 1. The molecule has 7 nitrogen and oxygen atoms in total. The second-order valence-corrected chi connectivity index (χ2v) is 6.32. The second-order valence-electron chi connectivity index (χ2n) is 5.26. The number of carbonyl (C=O) groups excluding carboxylic acids is 1. The van der Waals surface area contributed by atoms with Crippen molar-refractivity contribution in [3.63, 3.8) is 0 Å². The standard InChI is InChI=1S/C17H16N4O3S/c1-24-14-6-11(3-5-13(14)22)9-19-21-16(23)8-10-2-4-12-15(7-10)25-17(18)20-12/h2-7,9,22H,8H2,1H3,(H2,18,20)(H,21,23)/b19-9-. The third-order valence-corrected chi connectivity index (χ3v) is 4.29. The number of rotatable bonds is 5. The molecule has 1 aromatic heterocycles. The lowest BCUT2D eigenvalue weighted by Gasteiger charge is -2.03. The molecule has 0 bridgehead atoms. The monoisotopic (exact) mass is 356 g/mol. The Kier molecular flexibility index (Phi) is 4.80. The number of phenols is 1. The zero-order valence-corrected chi connectivity index (χ0v) is 14.2. The van der Waals surface area contributed by atoms with Crippen LogP contribution in [0, 0.1) is 0 Å². The number of aromatic nitrogens is 1. The highest BCUT2D eigenvalue weighted by atomic mass is 32.1. The summed E-state index contributed by atoms with van der Waals surface area (Å²) < 4.78 is 5.96. The summed E-state index contributed by atoms with van der Waals surface area (Å²) in [7, 11) is 1.46. The van der Waals surface area contributed by atoms with Gasteiger partial charge in [0.2, 0.25) is 5.91 Å². The summed E-state index contributed by atoms with van der Waals surface area (Å²) in [6, 6.07) is 10.4. The van der Waals surface area contributed by atoms with Gasteiger partial charge >= 0.3 is 0 Å². The molecular formula is C17H16N4O3S. The van der Waals surface area contributed by atoms with Crippen LogP contribution >= 0.6 is 11.3 Å². The Morgan fingerprint density at radius 3 is 3.04 bits per heavy atom. The molecule has 8 heteroatoms. The molecule has 0 spiro atoms. The molecule has 0 aliphatic rings. The van der Waals surface area contributed by atoms with E-state index in [1.807, 2.05) is 18.2 Å². The minimum absolute atomic E-state index is 0.0442. The van der Waals surface area contributed by atoms with Crippen LogP contribution in [0.4, 0.5) is 5.13 Å². The zero-order valence-electron chi connectivity index (χ0n) is 13.4. The van der Waals surface area contributed by atoms with Crippen molar-refractivity contribution in [3.05, 3.63) is 47.5 Å². The number of carbonyl (C=O) groups is 1. The van der Waals surface area contributed by atoms with Gasteiger partial charge in [0.15, 0.2) is 16.6 Å². The van der Waals surface area contributed by atoms with Gasteiger partial charge in [0, 0.05) is 0 Å². The van der Waals surface area contributed by atoms with E-state index in [1.165, 1.54) is 30.7 Å². The number of thiazole rings is 1. The van der Waals surface area contributed by atoms with Crippen LogP contribution in [0.1, 0.15) is 11.1 Å². The van der Waals surface area contributed by atoms with E-state index in [4.69, 9.17) is 10.5 Å². The number of phenolic OH excluding ortho intramolecular Hbond substituents is 1. The Labute approximate surface area is 147 Å². The quantitative estimate of drug-likeness (QED) is 0.480. The highest BCUT2D eigenvalue weighted by Crippen LogP contribution is 2.26. The van der Waals surface area contributed by atoms with E-state index in [-0.39, 0.29) is 18.1 Å². The summed E-state index contributed by atoms with van der Waals surface area (Å²) in [6.07, 6.45) is 1.68. The smallest absolute Gasteiger partial charge is 0.244 e. The Balaban J connectivity index is 1.61. The number of nitrogen functional groups attached to an aromatic ring is 1. The lowest BCUT2D eigenvalue weighted by atomic mass is 10.1. The topological polar surface area (TPSA) is 110 Å². The van der Waals surface area contributed by atoms with Gasteiger partial charge in [-0.3, -0.25) is 4.79 Å². The largest absolute Gasteiger partial charge is 0.504 e. The normalized spacial score (nSPS) is 11.1. The summed E-state index contributed by atoms with van der Waals surface area (Å²) in [6.45, 7) is 0. The van der Waals surface area contributed by atoms with Crippen molar-refractivity contribution in [3.8, 4) is 11.5 Å². The highest BCUT2D eigenvalue weighted by Gasteiger charge is 2.06. The predicted octanol–water partition coefficient (Wildman–Crippen LogP) is 2.29. The second kappa shape index (κ2) is 7.18. The molecule has 1 heterocycles. The number of anilines is 1. The van der Waals surface area contributed by atoms with Crippen molar-refractivity contribution in [2.24, 2.45) is 5.10 Å². The number of benzene rings is 2. The van der Waals surface area contributed by atoms with E-state index in [2.05, 4.69) is 15.5 Å². The minimum Gasteiger partial charge on any atom is -0.504 e. The summed E-state index contributed by atoms with van der Waals surface area (Å²) in [5, 5.41) is 14.0. The van der Waals surface area contributed by atoms with Crippen LogP contribution in [0.15, 0.2) is 41.5 Å². The van der Waals surface area contributed by atoms with Crippen LogP contribution in [0.2, 0.25) is 0 Å². The number of hydrogen-bond acceptors (Lipinski definition) is 7. The maximum atomic E-state index is 12.0. The van der Waals surface area contributed by atoms with Gasteiger partial charge in [-0.15, -0.1) is 0 Å². The fraction of sp³-hybridized carbons (Fsp3) is 0.118. The molecule has 4 N–H and O–H groups in total. The molecule has 0 saturated heterocycles. The van der Waals surface area contributed by atoms with Crippen LogP contribution in [-0.2, 0) is 11.2 Å². The first-order valence-electron chi connectivity index (χ1n) is 7.39. The van der Waals surface area contributed by atoms with Gasteiger partial charge in [0.05, 0.1) is 30.0 Å². The molecule has 3 rings (SSSR count). The molecule has 3 aromatic rings. The number of aromatic hydroxyl groups is 1. The number of hydrazone groups is 1. The average molecular weight is 356 g/mol. The summed E-state index contributed by atoms with van der Waals surface area (Å²) >= 11 is 1.39. The van der Waals surface area contributed by atoms with Gasteiger partial charge in [-0.1, -0.05) is 17.4 Å². The molecular weight excluding hydrogens is 340 g/mol. The predicted molar refractivity (Wildman–Crippen MR) is 98.1 cm³/mol. The number of ether oxygens (including phenoxy) is 1. The number of fused-ring (bicyclic) bond motifs is 1. The molecule has 2 aromatic carbocycles. The Morgan fingerprint density at radius 1 is 1.40 bits per heavy atom. The van der Waals surface area contributed by atoms with Crippen LogP contribution in [0.3, 0.4) is 0 Å². The number of nitrogens with zero attached hydrogens (tertiary/aromatic N) is 2. The Bertz CT molecular complexity index is 952. The van der Waals surface area contributed by atoms with Crippen LogP contribution < -0.4 is 15.9 Å². The first-order valence-corrected chi connectivity index (χ1v) is 8.20. The Hall–Kier alpha value is -3.13. The van der Waals surface area contributed by atoms with Gasteiger partial charge in [-0.05, 0) is 41.5 Å². The maximum Gasteiger partial charge on any atom is 0.244 e. The summed E-state index contributed by atoms with van der Waals surface area (Å²) in [5.41, 5.74) is 10.5. The van der Waals surface area contributed by atoms with Crippen molar-refractivity contribution in [1.82, 2.24) is 10.4 Å². The van der Waals surface area contributed by atoms with Crippen LogP contribution in [0.5, 0.6) is 11.5 Å². The number of nitrogens with one attached hydrogen (secondary N) is 1. The molecule has 0 aliphatic heterocycles. The van der Waals surface area contributed by atoms with Crippen molar-refractivity contribution < 1.29 is 14.6 Å². The maximum absolute atomic E-state index is 12.0. The highest BCUT2D eigenvalue weighted by molar-refractivity contribution is 7.22. The van der Waals surface area contributed by atoms with E-state index in [0.29, 0.717) is 16.4 Å². The molecule has 0 unspecified atom stereocenters. The molecule has 25 heavy (non-hydrogen) atoms. The van der Waals surface area contributed by atoms with Gasteiger partial charge in [-0.2, -0.15) is 5.10 Å². The van der Waals surface area contributed by atoms with Crippen molar-refractivity contribution in [2.45, 2.75) is 6.42 Å². The third kappa shape index (κ3) is 4.04. The van der Waals surface area contributed by atoms with Crippen LogP contribution in [-0.4, -0.2) is 29.3 Å². The summed E-state index contributed by atoms with van der Waals surface area (Å²) in [5.74, 6) is 0.147. The van der Waals surface area contributed by atoms with E-state index in [9.17, 15) is 9.90 Å². The average Bonchev–Trinajstić information content (AvgIpc) is 2.95. The van der Waals surface area contributed by atoms with Gasteiger partial charge in [0.25, 0.3) is 0 Å². The number of hydrogen-bond donors (Lipinski definition) is 3. The molecule has 128 valence electrons. The van der Waals surface area contributed by atoms with Crippen LogP contribution in [0.25, 0.3) is 10.2 Å². The fourth-order valence-electron chi connectivity index (χ4n) is 2.28. The first kappa shape index (κ1) is 16.7. The SMILES string of the molecule is COc1cc(/C=N\NC(=O)Cc2ccc3nc(N)sc3c2)ccc1O. The lowest BCUT2D eigenvalue weighted by Crippen LogP contribution is -2.19. The summed E-state index contributed by atoms with van der Waals surface area (Å²) in [4.78, 5) is 16.2. The Morgan fingerprint density at radius 2 is 2.24 bits per heavy atom. The third-order valence-electron chi connectivity index (χ3n) is 3.44. The fourth-order valence-corrected chi connectivity index (χ4v) is 3.07. The molecule has 0 saturated carbocycles. The minimum atomic E-state index is -0.237. The first-order chi connectivity index (χ1) is 12.0. The lowest BCUT2D eigenvalue weighted by molar-refractivity contribution is -0.120. The van der Waals surface area contributed by atoms with E-state index < -0.39 is 0 Å². The van der Waals surface area contributed by atoms with Gasteiger partial charge < -0.3 is 15.6 Å². The van der Waals surface area contributed by atoms with E-state index >= 15 is 0 Å². The molecule has 0 aliphatic carbocycles. The van der Waals surface area contributed by atoms with E-state index in [1.54, 1.807) is 12.1 Å². The van der Waals surface area contributed by atoms with Crippen molar-refractivity contribution >= 4 is 38.8 Å².